The summed E-state index contributed by atoms with van der Waals surface area (Å²) in [5.74, 6) is 2.48. The molecule has 2 aliphatic rings. The lowest BCUT2D eigenvalue weighted by Crippen LogP contribution is -2.45. The van der Waals surface area contributed by atoms with Gasteiger partial charge in [-0.15, -0.1) is 0 Å². The largest absolute Gasteiger partial charge is 0.378 e. The summed E-state index contributed by atoms with van der Waals surface area (Å²) in [5.41, 5.74) is 0. The van der Waals surface area contributed by atoms with Gasteiger partial charge in [0.2, 0.25) is 0 Å². The van der Waals surface area contributed by atoms with Gasteiger partial charge < -0.3 is 9.64 Å². The van der Waals surface area contributed by atoms with E-state index in [0.717, 1.165) is 24.4 Å². The molecule has 2 rings (SSSR count). The Labute approximate surface area is 94.0 Å². The highest BCUT2D eigenvalue weighted by molar-refractivity contribution is 4.85. The van der Waals surface area contributed by atoms with E-state index in [1.165, 1.54) is 32.4 Å². The third-order valence-electron chi connectivity index (χ3n) is 4.27. The molecule has 0 saturated carbocycles. The van der Waals surface area contributed by atoms with Gasteiger partial charge in [-0.2, -0.15) is 0 Å². The molecule has 4 unspecified atom stereocenters. The highest BCUT2D eigenvalue weighted by Gasteiger charge is 2.34. The molecule has 2 saturated heterocycles. The van der Waals surface area contributed by atoms with Gasteiger partial charge in [0.05, 0.1) is 6.10 Å². The average Bonchev–Trinajstić information content (AvgIpc) is 2.22. The van der Waals surface area contributed by atoms with Crippen LogP contribution in [0.15, 0.2) is 0 Å². The summed E-state index contributed by atoms with van der Waals surface area (Å²) in [6.45, 7) is 8.25. The van der Waals surface area contributed by atoms with Crippen LogP contribution in [0.2, 0.25) is 0 Å². The maximum atomic E-state index is 5.98. The van der Waals surface area contributed by atoms with Crippen LogP contribution in [-0.4, -0.2) is 37.7 Å². The van der Waals surface area contributed by atoms with Gasteiger partial charge in [0, 0.05) is 19.1 Å². The summed E-state index contributed by atoms with van der Waals surface area (Å²) in [5, 5.41) is 0. The molecule has 2 heterocycles. The van der Waals surface area contributed by atoms with Gasteiger partial charge in [0.1, 0.15) is 0 Å². The Kier molecular flexibility index (Phi) is 3.68. The van der Waals surface area contributed by atoms with E-state index in [1.54, 1.807) is 0 Å². The van der Waals surface area contributed by atoms with E-state index in [1.807, 2.05) is 0 Å². The Morgan fingerprint density at radius 3 is 2.73 bits per heavy atom. The van der Waals surface area contributed by atoms with Crippen LogP contribution in [0.5, 0.6) is 0 Å². The van der Waals surface area contributed by atoms with Crippen molar-refractivity contribution in [1.29, 1.82) is 0 Å². The first kappa shape index (κ1) is 11.4. The van der Waals surface area contributed by atoms with Crippen LogP contribution in [0.4, 0.5) is 0 Å². The zero-order chi connectivity index (χ0) is 10.8. The molecule has 2 fully saturated rings. The molecule has 0 aromatic carbocycles. The molecular weight excluding hydrogens is 186 g/mol. The van der Waals surface area contributed by atoms with Gasteiger partial charge in [-0.3, -0.25) is 0 Å². The van der Waals surface area contributed by atoms with E-state index >= 15 is 0 Å². The van der Waals surface area contributed by atoms with Crippen LogP contribution >= 0.6 is 0 Å². The maximum absolute atomic E-state index is 5.98. The van der Waals surface area contributed by atoms with Crippen LogP contribution < -0.4 is 0 Å². The van der Waals surface area contributed by atoms with Crippen molar-refractivity contribution in [3.63, 3.8) is 0 Å². The Bertz CT molecular complexity index is 207. The Morgan fingerprint density at radius 1 is 1.20 bits per heavy atom. The number of hydrogen-bond acceptors (Lipinski definition) is 2. The van der Waals surface area contributed by atoms with Crippen LogP contribution in [0.25, 0.3) is 0 Å². The summed E-state index contributed by atoms with van der Waals surface area (Å²) >= 11 is 0. The monoisotopic (exact) mass is 211 g/mol. The highest BCUT2D eigenvalue weighted by atomic mass is 16.5. The van der Waals surface area contributed by atoms with Crippen LogP contribution in [-0.2, 0) is 4.74 Å². The number of hydrogen-bond donors (Lipinski definition) is 0. The van der Waals surface area contributed by atoms with Gasteiger partial charge >= 0.3 is 0 Å². The van der Waals surface area contributed by atoms with E-state index < -0.39 is 0 Å². The number of piperidine rings is 1. The summed E-state index contributed by atoms with van der Waals surface area (Å²) in [6, 6.07) is 0. The fraction of sp³-hybridized carbons (Fsp3) is 1.00. The summed E-state index contributed by atoms with van der Waals surface area (Å²) in [7, 11) is 2.24. The van der Waals surface area contributed by atoms with Gasteiger partial charge in [0.15, 0.2) is 0 Å². The molecule has 0 radical (unpaired) electrons. The third-order valence-corrected chi connectivity index (χ3v) is 4.27. The molecule has 2 aliphatic heterocycles. The first-order chi connectivity index (χ1) is 7.16. The van der Waals surface area contributed by atoms with Crippen molar-refractivity contribution >= 4 is 0 Å². The van der Waals surface area contributed by atoms with Gasteiger partial charge in [0.25, 0.3) is 0 Å². The van der Waals surface area contributed by atoms with E-state index in [4.69, 9.17) is 4.74 Å². The van der Waals surface area contributed by atoms with Crippen molar-refractivity contribution < 1.29 is 4.74 Å². The zero-order valence-corrected chi connectivity index (χ0v) is 10.4. The Balaban J connectivity index is 1.94. The lowest BCUT2D eigenvalue weighted by Gasteiger charge is -2.42. The first-order valence-corrected chi connectivity index (χ1v) is 6.47. The minimum Gasteiger partial charge on any atom is -0.378 e. The van der Waals surface area contributed by atoms with E-state index in [-0.39, 0.29) is 0 Å². The summed E-state index contributed by atoms with van der Waals surface area (Å²) < 4.78 is 5.98. The maximum Gasteiger partial charge on any atom is 0.0620 e. The van der Waals surface area contributed by atoms with E-state index in [9.17, 15) is 0 Å². The van der Waals surface area contributed by atoms with E-state index in [0.29, 0.717) is 6.10 Å². The number of rotatable bonds is 1. The molecule has 88 valence electrons. The molecule has 0 N–H and O–H groups in total. The number of likely N-dealkylation sites (tertiary alicyclic amines) is 1. The van der Waals surface area contributed by atoms with E-state index in [2.05, 4.69) is 25.8 Å². The standard InChI is InChI=1S/C13H25NO/c1-10-5-7-15-13(8-10)12-9-14(3)6-4-11(12)2/h10-13H,4-9H2,1-3H3. The second-order valence-electron chi connectivity index (χ2n) is 5.73. The predicted molar refractivity (Wildman–Crippen MR) is 62.9 cm³/mol. The second-order valence-corrected chi connectivity index (χ2v) is 5.73. The average molecular weight is 211 g/mol. The highest BCUT2D eigenvalue weighted by Crippen LogP contribution is 2.32. The number of nitrogens with zero attached hydrogens (tertiary/aromatic N) is 1. The quantitative estimate of drug-likeness (QED) is 0.660. The van der Waals surface area contributed by atoms with Crippen LogP contribution in [0, 0.1) is 17.8 Å². The van der Waals surface area contributed by atoms with Crippen molar-refractivity contribution in [3.05, 3.63) is 0 Å². The molecule has 0 aliphatic carbocycles. The minimum atomic E-state index is 0.534. The molecule has 0 aromatic rings. The molecule has 0 spiro atoms. The molecule has 2 heteroatoms. The Morgan fingerprint density at radius 2 is 2.00 bits per heavy atom. The van der Waals surface area contributed by atoms with Gasteiger partial charge in [-0.25, -0.2) is 0 Å². The zero-order valence-electron chi connectivity index (χ0n) is 10.4. The summed E-state index contributed by atoms with van der Waals surface area (Å²) in [4.78, 5) is 2.47. The molecule has 15 heavy (non-hydrogen) atoms. The third kappa shape index (κ3) is 2.73. The van der Waals surface area contributed by atoms with Gasteiger partial charge in [-0.1, -0.05) is 13.8 Å². The van der Waals surface area contributed by atoms with Crippen molar-refractivity contribution in [3.8, 4) is 0 Å². The second kappa shape index (κ2) is 4.84. The van der Waals surface area contributed by atoms with Crippen molar-refractivity contribution in [2.45, 2.75) is 39.2 Å². The fourth-order valence-electron chi connectivity index (χ4n) is 3.05. The first-order valence-electron chi connectivity index (χ1n) is 6.47. The lowest BCUT2D eigenvalue weighted by atomic mass is 9.79. The van der Waals surface area contributed by atoms with Crippen LogP contribution in [0.1, 0.15) is 33.1 Å². The minimum absolute atomic E-state index is 0.534. The lowest BCUT2D eigenvalue weighted by molar-refractivity contribution is -0.0692. The summed E-state index contributed by atoms with van der Waals surface area (Å²) in [6.07, 6.45) is 4.41. The van der Waals surface area contributed by atoms with Crippen molar-refractivity contribution in [2.75, 3.05) is 26.7 Å². The SMILES string of the molecule is CC1CCOC(C2CN(C)CCC2C)C1. The normalized spacial score (nSPS) is 44.2. The number of ether oxygens (including phenoxy) is 1. The fourth-order valence-corrected chi connectivity index (χ4v) is 3.05. The molecule has 2 nitrogen and oxygen atoms in total. The molecule has 0 amide bonds. The molecule has 4 atom stereocenters. The van der Waals surface area contributed by atoms with Crippen molar-refractivity contribution in [1.82, 2.24) is 4.90 Å². The Hall–Kier alpha value is -0.0800. The smallest absolute Gasteiger partial charge is 0.0620 e. The molecule has 0 aromatic heterocycles. The van der Waals surface area contributed by atoms with Crippen molar-refractivity contribution in [2.24, 2.45) is 17.8 Å². The molecular formula is C13H25NO. The van der Waals surface area contributed by atoms with Crippen LogP contribution in [0.3, 0.4) is 0 Å². The van der Waals surface area contributed by atoms with Gasteiger partial charge in [-0.05, 0) is 44.7 Å². The predicted octanol–water partition coefficient (Wildman–Crippen LogP) is 2.39. The molecule has 0 bridgehead atoms. The topological polar surface area (TPSA) is 12.5 Å².